The minimum Gasteiger partial charge on any atom is -0.504 e. The summed E-state index contributed by atoms with van der Waals surface area (Å²) in [6.45, 7) is 1.53. The number of phenols is 2. The molecule has 0 saturated carbocycles. The van der Waals surface area contributed by atoms with Crippen molar-refractivity contribution in [2.24, 2.45) is 0 Å². The second kappa shape index (κ2) is 3.77. The predicted octanol–water partition coefficient (Wildman–Crippen LogP) is 1.32. The van der Waals surface area contributed by atoms with E-state index in [2.05, 4.69) is 0 Å². The average molecular weight is 276 g/mol. The molecule has 0 aliphatic rings. The van der Waals surface area contributed by atoms with Crippen LogP contribution in [-0.2, 0) is 0 Å². The van der Waals surface area contributed by atoms with Gasteiger partial charge < -0.3 is 24.2 Å². The summed E-state index contributed by atoms with van der Waals surface area (Å²) in [6, 6.07) is 2.18. The first-order valence-electron chi connectivity index (χ1n) is 5.55. The van der Waals surface area contributed by atoms with Crippen molar-refractivity contribution in [3.63, 3.8) is 0 Å². The number of aryl methyl sites for hydroxylation is 1. The van der Waals surface area contributed by atoms with Crippen molar-refractivity contribution in [2.75, 3.05) is 0 Å². The van der Waals surface area contributed by atoms with Gasteiger partial charge in [0.1, 0.15) is 0 Å². The van der Waals surface area contributed by atoms with Gasteiger partial charge in [-0.1, -0.05) is 0 Å². The highest BCUT2D eigenvalue weighted by molar-refractivity contribution is 6.05. The Morgan fingerprint density at radius 3 is 2.40 bits per heavy atom. The van der Waals surface area contributed by atoms with Crippen LogP contribution in [0, 0.1) is 6.92 Å². The SMILES string of the molecule is Cc1cc2oc(=O)c3cc(=O)c(O)c(O)c3c2oc1O. The van der Waals surface area contributed by atoms with Crippen LogP contribution in [0.25, 0.3) is 21.9 Å². The molecule has 0 spiro atoms. The summed E-state index contributed by atoms with van der Waals surface area (Å²) in [6.07, 6.45) is 0. The lowest BCUT2D eigenvalue weighted by atomic mass is 10.1. The van der Waals surface area contributed by atoms with Crippen LogP contribution in [0.3, 0.4) is 0 Å². The first kappa shape index (κ1) is 12.1. The summed E-state index contributed by atoms with van der Waals surface area (Å²) < 4.78 is 10.1. The number of aromatic hydroxyl groups is 3. The molecular formula is C13H8O7. The van der Waals surface area contributed by atoms with Gasteiger partial charge in [0.05, 0.1) is 10.8 Å². The first-order chi connectivity index (χ1) is 9.40. The van der Waals surface area contributed by atoms with E-state index in [0.717, 1.165) is 6.07 Å². The molecule has 2 heterocycles. The fourth-order valence-corrected chi connectivity index (χ4v) is 1.98. The lowest BCUT2D eigenvalue weighted by Crippen LogP contribution is -2.06. The zero-order valence-electron chi connectivity index (χ0n) is 10.1. The summed E-state index contributed by atoms with van der Waals surface area (Å²) in [7, 11) is 0. The topological polar surface area (TPSA) is 121 Å². The normalized spacial score (nSPS) is 11.2. The van der Waals surface area contributed by atoms with E-state index in [1.807, 2.05) is 0 Å². The highest BCUT2D eigenvalue weighted by Gasteiger charge is 2.19. The monoisotopic (exact) mass is 276 g/mol. The molecule has 2 aromatic heterocycles. The maximum absolute atomic E-state index is 11.8. The van der Waals surface area contributed by atoms with Gasteiger partial charge >= 0.3 is 5.63 Å². The van der Waals surface area contributed by atoms with E-state index >= 15 is 0 Å². The quantitative estimate of drug-likeness (QED) is 0.418. The third-order valence-corrected chi connectivity index (χ3v) is 3.00. The van der Waals surface area contributed by atoms with Crippen molar-refractivity contribution in [1.82, 2.24) is 0 Å². The van der Waals surface area contributed by atoms with Crippen LogP contribution in [0.15, 0.2) is 30.6 Å². The van der Waals surface area contributed by atoms with Crippen molar-refractivity contribution in [3.8, 4) is 17.4 Å². The standard InChI is InChI=1S/C13H8O7/c1-4-2-7-11(20-12(4)17)8-5(13(18)19-7)3-6(14)9(15)10(8)16/h2-3,15-17H,1H3. The Hall–Kier alpha value is -2.96. The van der Waals surface area contributed by atoms with Crippen molar-refractivity contribution in [2.45, 2.75) is 6.92 Å². The van der Waals surface area contributed by atoms with E-state index in [1.165, 1.54) is 13.0 Å². The molecule has 1 aromatic carbocycles. The summed E-state index contributed by atoms with van der Waals surface area (Å²) >= 11 is 0. The van der Waals surface area contributed by atoms with Crippen molar-refractivity contribution >= 4 is 21.9 Å². The van der Waals surface area contributed by atoms with E-state index in [0.29, 0.717) is 5.56 Å². The van der Waals surface area contributed by atoms with Gasteiger partial charge in [0.15, 0.2) is 16.9 Å². The molecule has 0 atom stereocenters. The van der Waals surface area contributed by atoms with Gasteiger partial charge in [0, 0.05) is 11.6 Å². The maximum atomic E-state index is 11.8. The maximum Gasteiger partial charge on any atom is 0.344 e. The van der Waals surface area contributed by atoms with Crippen LogP contribution >= 0.6 is 0 Å². The molecule has 0 aliphatic heterocycles. The molecule has 3 N–H and O–H groups in total. The zero-order chi connectivity index (χ0) is 14.6. The van der Waals surface area contributed by atoms with Gasteiger partial charge in [-0.05, 0) is 13.0 Å². The zero-order valence-corrected chi connectivity index (χ0v) is 10.1. The van der Waals surface area contributed by atoms with Crippen LogP contribution in [0.5, 0.6) is 17.4 Å². The molecule has 102 valence electrons. The van der Waals surface area contributed by atoms with Crippen LogP contribution in [-0.4, -0.2) is 15.3 Å². The van der Waals surface area contributed by atoms with Gasteiger partial charge in [-0.2, -0.15) is 0 Å². The number of benzene rings is 1. The number of fused-ring (bicyclic) bond motifs is 3. The largest absolute Gasteiger partial charge is 0.504 e. The number of hydrogen-bond acceptors (Lipinski definition) is 7. The summed E-state index contributed by atoms with van der Waals surface area (Å²) in [5.74, 6) is -2.13. The average Bonchev–Trinajstić information content (AvgIpc) is 2.39. The van der Waals surface area contributed by atoms with Gasteiger partial charge in [-0.15, -0.1) is 0 Å². The second-order valence-corrected chi connectivity index (χ2v) is 4.31. The van der Waals surface area contributed by atoms with Crippen molar-refractivity contribution in [3.05, 3.63) is 38.3 Å². The van der Waals surface area contributed by atoms with Gasteiger partial charge in [-0.25, -0.2) is 4.79 Å². The first-order valence-corrected chi connectivity index (χ1v) is 5.55. The highest BCUT2D eigenvalue weighted by Crippen LogP contribution is 2.36. The molecule has 0 unspecified atom stereocenters. The molecule has 0 amide bonds. The molecule has 0 radical (unpaired) electrons. The minimum absolute atomic E-state index is 0.0221. The molecule has 0 saturated heterocycles. The molecule has 7 nitrogen and oxygen atoms in total. The Bertz CT molecular complexity index is 978. The third-order valence-electron chi connectivity index (χ3n) is 3.00. The highest BCUT2D eigenvalue weighted by atomic mass is 16.5. The van der Waals surface area contributed by atoms with E-state index in [1.54, 1.807) is 0 Å². The lowest BCUT2D eigenvalue weighted by molar-refractivity contribution is 0.333. The van der Waals surface area contributed by atoms with E-state index < -0.39 is 28.5 Å². The van der Waals surface area contributed by atoms with Gasteiger partial charge in [-0.3, -0.25) is 4.79 Å². The van der Waals surface area contributed by atoms with Crippen LogP contribution in [0.4, 0.5) is 0 Å². The number of hydrogen-bond donors (Lipinski definition) is 3. The second-order valence-electron chi connectivity index (χ2n) is 4.31. The molecule has 0 bridgehead atoms. The van der Waals surface area contributed by atoms with Crippen molar-refractivity contribution < 1.29 is 24.2 Å². The molecule has 3 rings (SSSR count). The molecule has 3 aromatic rings. The molecular weight excluding hydrogens is 268 g/mol. The lowest BCUT2D eigenvalue weighted by Gasteiger charge is -2.06. The summed E-state index contributed by atoms with van der Waals surface area (Å²) in [5.41, 5.74) is -1.62. The molecule has 20 heavy (non-hydrogen) atoms. The fourth-order valence-electron chi connectivity index (χ4n) is 1.98. The number of phenolic OH excluding ortho intramolecular Hbond substituents is 2. The summed E-state index contributed by atoms with van der Waals surface area (Å²) in [4.78, 5) is 23.2. The van der Waals surface area contributed by atoms with E-state index in [9.17, 15) is 24.9 Å². The predicted molar refractivity (Wildman–Crippen MR) is 68.3 cm³/mol. The Morgan fingerprint density at radius 1 is 1.00 bits per heavy atom. The van der Waals surface area contributed by atoms with E-state index in [4.69, 9.17) is 8.83 Å². The third kappa shape index (κ3) is 1.46. The van der Waals surface area contributed by atoms with Gasteiger partial charge in [0.2, 0.25) is 11.2 Å². The Kier molecular flexibility index (Phi) is 2.28. The van der Waals surface area contributed by atoms with Crippen LogP contribution in [0.2, 0.25) is 0 Å². The molecule has 7 heteroatoms. The Labute approximate surface area is 109 Å². The Morgan fingerprint density at radius 2 is 1.70 bits per heavy atom. The van der Waals surface area contributed by atoms with Crippen LogP contribution < -0.4 is 11.1 Å². The minimum atomic E-state index is -0.919. The fraction of sp³-hybridized carbons (Fsp3) is 0.0769. The smallest absolute Gasteiger partial charge is 0.344 e. The summed E-state index contributed by atoms with van der Waals surface area (Å²) in [5, 5.41) is 28.5. The van der Waals surface area contributed by atoms with Crippen LogP contribution in [0.1, 0.15) is 5.56 Å². The molecule has 0 fully saturated rings. The molecule has 0 aliphatic carbocycles. The van der Waals surface area contributed by atoms with Crippen molar-refractivity contribution in [1.29, 1.82) is 0 Å². The Balaban J connectivity index is 2.72. The number of rotatable bonds is 0. The van der Waals surface area contributed by atoms with E-state index in [-0.39, 0.29) is 21.9 Å². The van der Waals surface area contributed by atoms with Gasteiger partial charge in [0.25, 0.3) is 5.95 Å².